The summed E-state index contributed by atoms with van der Waals surface area (Å²) in [6.07, 6.45) is 1.71. The van der Waals surface area contributed by atoms with Crippen LogP contribution in [0.3, 0.4) is 0 Å². The van der Waals surface area contributed by atoms with E-state index in [2.05, 4.69) is 16.0 Å². The Kier molecular flexibility index (Phi) is 8.28. The first-order valence-corrected chi connectivity index (χ1v) is 9.71. The Balaban J connectivity index is 2.05. The highest BCUT2D eigenvalue weighted by atomic mass is 35.6. The van der Waals surface area contributed by atoms with E-state index < -0.39 is 21.8 Å². The van der Waals surface area contributed by atoms with Crippen LogP contribution in [0, 0.1) is 0 Å². The first kappa shape index (κ1) is 23.0. The van der Waals surface area contributed by atoms with Crippen LogP contribution in [0.15, 0.2) is 60.7 Å². The molecule has 152 valence electrons. The van der Waals surface area contributed by atoms with Crippen molar-refractivity contribution in [2.45, 2.75) is 9.96 Å². The minimum atomic E-state index is -1.94. The molecule has 29 heavy (non-hydrogen) atoms. The van der Waals surface area contributed by atoms with Crippen LogP contribution in [-0.2, 0) is 4.79 Å². The number of nitrogens with one attached hydrogen (secondary N) is 3. The third kappa shape index (κ3) is 7.55. The van der Waals surface area contributed by atoms with Crippen molar-refractivity contribution in [3.8, 4) is 0 Å². The third-order valence-electron chi connectivity index (χ3n) is 3.52. The van der Waals surface area contributed by atoms with Gasteiger partial charge in [0.25, 0.3) is 0 Å². The van der Waals surface area contributed by atoms with Gasteiger partial charge >= 0.3 is 5.97 Å². The quantitative estimate of drug-likeness (QED) is 0.218. The van der Waals surface area contributed by atoms with E-state index in [1.54, 1.807) is 18.2 Å². The molecular formula is C19H16Cl3N3O3S. The topological polar surface area (TPSA) is 90.5 Å². The number of anilines is 1. The molecule has 0 aliphatic rings. The van der Waals surface area contributed by atoms with Crippen molar-refractivity contribution < 1.29 is 14.7 Å². The van der Waals surface area contributed by atoms with Crippen molar-refractivity contribution in [1.82, 2.24) is 10.6 Å². The number of para-hydroxylation sites is 1. The first-order valence-electron chi connectivity index (χ1n) is 8.17. The highest BCUT2D eigenvalue weighted by Crippen LogP contribution is 2.29. The molecule has 0 radical (unpaired) electrons. The molecule has 0 saturated heterocycles. The summed E-state index contributed by atoms with van der Waals surface area (Å²) in [5.74, 6) is -1.65. The maximum absolute atomic E-state index is 12.2. The number of benzene rings is 2. The molecule has 1 amide bonds. The van der Waals surface area contributed by atoms with Gasteiger partial charge < -0.3 is 21.1 Å². The summed E-state index contributed by atoms with van der Waals surface area (Å²) in [6.45, 7) is 0. The SMILES string of the molecule is O=C(/C=C\c1ccccc1)N[C@@H](NC(=S)Nc1ccccc1C(=O)O)C(Cl)(Cl)Cl. The van der Waals surface area contributed by atoms with Crippen LogP contribution < -0.4 is 16.0 Å². The molecule has 4 N–H and O–H groups in total. The zero-order chi connectivity index (χ0) is 21.4. The van der Waals surface area contributed by atoms with Crippen LogP contribution in [0.2, 0.25) is 0 Å². The number of alkyl halides is 3. The second-order valence-corrected chi connectivity index (χ2v) is 8.45. The Morgan fingerprint density at radius 2 is 1.62 bits per heavy atom. The highest BCUT2D eigenvalue weighted by Gasteiger charge is 2.34. The van der Waals surface area contributed by atoms with Gasteiger partial charge in [-0.3, -0.25) is 4.79 Å². The van der Waals surface area contributed by atoms with Gasteiger partial charge in [-0.05, 0) is 36.0 Å². The van der Waals surface area contributed by atoms with E-state index in [0.717, 1.165) is 5.56 Å². The predicted molar refractivity (Wildman–Crippen MR) is 120 cm³/mol. The highest BCUT2D eigenvalue weighted by molar-refractivity contribution is 7.80. The maximum atomic E-state index is 12.2. The first-order chi connectivity index (χ1) is 13.7. The number of amides is 1. The Bertz CT molecular complexity index is 918. The molecule has 1 atom stereocenters. The molecule has 2 rings (SSSR count). The lowest BCUT2D eigenvalue weighted by Crippen LogP contribution is -2.55. The monoisotopic (exact) mass is 471 g/mol. The lowest BCUT2D eigenvalue weighted by atomic mass is 10.2. The number of carbonyl (C=O) groups excluding carboxylic acids is 1. The van der Waals surface area contributed by atoms with Gasteiger partial charge in [0, 0.05) is 6.08 Å². The maximum Gasteiger partial charge on any atom is 0.337 e. The van der Waals surface area contributed by atoms with Gasteiger partial charge in [0.15, 0.2) is 5.11 Å². The molecule has 0 aliphatic heterocycles. The Labute approximate surface area is 187 Å². The number of halogens is 3. The van der Waals surface area contributed by atoms with Crippen molar-refractivity contribution in [3.63, 3.8) is 0 Å². The van der Waals surface area contributed by atoms with Crippen LogP contribution in [0.1, 0.15) is 15.9 Å². The minimum absolute atomic E-state index is 0.0110. The lowest BCUT2D eigenvalue weighted by molar-refractivity contribution is -0.117. The number of thiocarbonyl (C=S) groups is 1. The van der Waals surface area contributed by atoms with E-state index in [0.29, 0.717) is 0 Å². The zero-order valence-electron chi connectivity index (χ0n) is 14.7. The second-order valence-electron chi connectivity index (χ2n) is 5.68. The standard InChI is InChI=1S/C19H16Cl3N3O3S/c20-19(21,22)17(24-15(26)11-10-12-6-2-1-3-7-12)25-18(29)23-14-9-5-4-8-13(14)16(27)28/h1-11,17H,(H,24,26)(H,27,28)(H2,23,25,29)/b11-10-/t17-/m0/s1. The molecule has 2 aromatic carbocycles. The van der Waals surface area contributed by atoms with E-state index in [1.807, 2.05) is 30.3 Å². The summed E-state index contributed by atoms with van der Waals surface area (Å²) in [4.78, 5) is 23.5. The fourth-order valence-electron chi connectivity index (χ4n) is 2.19. The van der Waals surface area contributed by atoms with Crippen molar-refractivity contribution in [2.75, 3.05) is 5.32 Å². The lowest BCUT2D eigenvalue weighted by Gasteiger charge is -2.27. The smallest absolute Gasteiger partial charge is 0.337 e. The number of hydrogen-bond acceptors (Lipinski definition) is 3. The second kappa shape index (κ2) is 10.5. The fourth-order valence-corrected chi connectivity index (χ4v) is 2.75. The Morgan fingerprint density at radius 3 is 2.24 bits per heavy atom. The molecule has 0 aliphatic carbocycles. The predicted octanol–water partition coefficient (Wildman–Crippen LogP) is 4.20. The van der Waals surface area contributed by atoms with Gasteiger partial charge in [0.05, 0.1) is 11.3 Å². The summed E-state index contributed by atoms with van der Waals surface area (Å²) < 4.78 is -1.94. The largest absolute Gasteiger partial charge is 0.478 e. The van der Waals surface area contributed by atoms with Crippen molar-refractivity contribution >= 4 is 75.8 Å². The van der Waals surface area contributed by atoms with E-state index in [-0.39, 0.29) is 16.4 Å². The number of hydrogen-bond donors (Lipinski definition) is 4. The summed E-state index contributed by atoms with van der Waals surface area (Å²) in [6, 6.07) is 15.3. The van der Waals surface area contributed by atoms with Gasteiger partial charge in [-0.25, -0.2) is 4.79 Å². The van der Waals surface area contributed by atoms with Crippen LogP contribution >= 0.6 is 47.0 Å². The van der Waals surface area contributed by atoms with Crippen molar-refractivity contribution in [2.24, 2.45) is 0 Å². The zero-order valence-corrected chi connectivity index (χ0v) is 17.8. The van der Waals surface area contributed by atoms with E-state index in [4.69, 9.17) is 47.0 Å². The summed E-state index contributed by atoms with van der Waals surface area (Å²) in [5, 5.41) is 17.1. The molecule has 0 bridgehead atoms. The van der Waals surface area contributed by atoms with Crippen molar-refractivity contribution in [3.05, 3.63) is 71.8 Å². The van der Waals surface area contributed by atoms with Crippen molar-refractivity contribution in [1.29, 1.82) is 0 Å². The normalized spacial score (nSPS) is 12.2. The number of carboxylic acids is 1. The number of rotatable bonds is 6. The molecule has 0 spiro atoms. The van der Waals surface area contributed by atoms with Gasteiger partial charge in [-0.15, -0.1) is 0 Å². The number of carboxylic acid groups (broad SMARTS) is 1. The molecule has 0 aromatic heterocycles. The molecule has 0 saturated carbocycles. The number of carbonyl (C=O) groups is 2. The van der Waals surface area contributed by atoms with Crippen LogP contribution in [0.25, 0.3) is 6.08 Å². The summed E-state index contributed by atoms with van der Waals surface area (Å²) in [5.41, 5.74) is 1.08. The Morgan fingerprint density at radius 1 is 1.00 bits per heavy atom. The average Bonchev–Trinajstić information content (AvgIpc) is 2.66. The number of aromatic carboxylic acids is 1. The molecule has 6 nitrogen and oxygen atoms in total. The third-order valence-corrected chi connectivity index (χ3v) is 4.40. The molecule has 0 heterocycles. The summed E-state index contributed by atoms with van der Waals surface area (Å²) >= 11 is 23.0. The van der Waals surface area contributed by atoms with Gasteiger partial charge in [-0.1, -0.05) is 77.3 Å². The minimum Gasteiger partial charge on any atom is -0.478 e. The molecule has 10 heteroatoms. The van der Waals surface area contributed by atoms with Gasteiger partial charge in [0.2, 0.25) is 9.70 Å². The van der Waals surface area contributed by atoms with E-state index >= 15 is 0 Å². The summed E-state index contributed by atoms with van der Waals surface area (Å²) in [7, 11) is 0. The van der Waals surface area contributed by atoms with Crippen LogP contribution in [0.4, 0.5) is 5.69 Å². The fraction of sp³-hybridized carbons (Fsp3) is 0.105. The van der Waals surface area contributed by atoms with E-state index in [9.17, 15) is 14.7 Å². The molecular weight excluding hydrogens is 457 g/mol. The van der Waals surface area contributed by atoms with E-state index in [1.165, 1.54) is 18.2 Å². The van der Waals surface area contributed by atoms with Crippen LogP contribution in [0.5, 0.6) is 0 Å². The molecule has 0 unspecified atom stereocenters. The average molecular weight is 473 g/mol. The van der Waals surface area contributed by atoms with Gasteiger partial charge in [-0.2, -0.15) is 0 Å². The van der Waals surface area contributed by atoms with Gasteiger partial charge in [0.1, 0.15) is 6.17 Å². The molecule has 2 aromatic rings. The van der Waals surface area contributed by atoms with Crippen LogP contribution in [-0.4, -0.2) is 32.1 Å². The molecule has 0 fully saturated rings. The Hall–Kier alpha value is -2.32.